The summed E-state index contributed by atoms with van der Waals surface area (Å²) in [4.78, 5) is 11.2. The van der Waals surface area contributed by atoms with Gasteiger partial charge in [0, 0.05) is 12.6 Å². The third-order valence-corrected chi connectivity index (χ3v) is 3.31. The predicted molar refractivity (Wildman–Crippen MR) is 67.1 cm³/mol. The van der Waals surface area contributed by atoms with E-state index in [0.717, 1.165) is 6.42 Å². The fourth-order valence-electron chi connectivity index (χ4n) is 2.09. The zero-order chi connectivity index (χ0) is 12.9. The van der Waals surface area contributed by atoms with Crippen molar-refractivity contribution in [2.45, 2.75) is 70.6 Å². The molecule has 2 N–H and O–H groups in total. The van der Waals surface area contributed by atoms with Crippen LogP contribution in [0.5, 0.6) is 0 Å². The highest BCUT2D eigenvalue weighted by atomic mass is 16.5. The summed E-state index contributed by atoms with van der Waals surface area (Å²) in [6, 6.07) is 0.170. The van der Waals surface area contributed by atoms with Gasteiger partial charge in [-0.2, -0.15) is 0 Å². The number of aliphatic carboxylic acids is 1. The van der Waals surface area contributed by atoms with Crippen molar-refractivity contribution < 1.29 is 14.6 Å². The minimum Gasteiger partial charge on any atom is -0.480 e. The van der Waals surface area contributed by atoms with E-state index in [1.54, 1.807) is 6.92 Å². The first-order chi connectivity index (χ1) is 7.94. The quantitative estimate of drug-likeness (QED) is 0.641. The third-order valence-electron chi connectivity index (χ3n) is 3.31. The van der Waals surface area contributed by atoms with Gasteiger partial charge in [-0.3, -0.25) is 10.1 Å². The van der Waals surface area contributed by atoms with Crippen molar-refractivity contribution >= 4 is 5.97 Å². The Balaban J connectivity index is 2.25. The number of carboxylic acid groups (broad SMARTS) is 1. The molecule has 17 heavy (non-hydrogen) atoms. The molecule has 1 atom stereocenters. The van der Waals surface area contributed by atoms with Crippen LogP contribution in [0.15, 0.2) is 0 Å². The summed E-state index contributed by atoms with van der Waals surface area (Å²) in [7, 11) is 0. The second kappa shape index (κ2) is 6.36. The normalized spacial score (nSPS) is 20.0. The number of carbonyl (C=O) groups is 1. The van der Waals surface area contributed by atoms with E-state index in [1.165, 1.54) is 19.3 Å². The van der Waals surface area contributed by atoms with E-state index in [9.17, 15) is 9.90 Å². The van der Waals surface area contributed by atoms with Crippen molar-refractivity contribution in [3.8, 4) is 0 Å². The fourth-order valence-corrected chi connectivity index (χ4v) is 2.09. The molecule has 0 aliphatic heterocycles. The van der Waals surface area contributed by atoms with Crippen LogP contribution >= 0.6 is 0 Å². The highest BCUT2D eigenvalue weighted by Gasteiger charge is 2.32. The minimum absolute atomic E-state index is 0.170. The summed E-state index contributed by atoms with van der Waals surface area (Å²) in [5, 5.41) is 12.4. The third kappa shape index (κ3) is 4.64. The molecule has 4 nitrogen and oxygen atoms in total. The Bertz CT molecular complexity index is 251. The number of hydrogen-bond acceptors (Lipinski definition) is 3. The zero-order valence-electron chi connectivity index (χ0n) is 11.2. The second-order valence-electron chi connectivity index (χ2n) is 5.46. The van der Waals surface area contributed by atoms with Gasteiger partial charge in [0.25, 0.3) is 0 Å². The SMILES string of the molecule is CC(C)NC(C)(CCCOC1CCC1)C(=O)O. The topological polar surface area (TPSA) is 58.6 Å². The Kier molecular flexibility index (Phi) is 5.40. The molecule has 0 aromatic rings. The zero-order valence-corrected chi connectivity index (χ0v) is 11.2. The molecule has 0 spiro atoms. The van der Waals surface area contributed by atoms with Gasteiger partial charge in [0.15, 0.2) is 0 Å². The van der Waals surface area contributed by atoms with E-state index < -0.39 is 11.5 Å². The summed E-state index contributed by atoms with van der Waals surface area (Å²) in [5.74, 6) is -0.783. The number of ether oxygens (including phenoxy) is 1. The lowest BCUT2D eigenvalue weighted by Gasteiger charge is -2.30. The Morgan fingerprint density at radius 3 is 2.59 bits per heavy atom. The second-order valence-corrected chi connectivity index (χ2v) is 5.46. The maximum Gasteiger partial charge on any atom is 0.323 e. The van der Waals surface area contributed by atoms with Crippen LogP contribution in [0, 0.1) is 0 Å². The van der Waals surface area contributed by atoms with E-state index >= 15 is 0 Å². The van der Waals surface area contributed by atoms with Crippen molar-refractivity contribution in [3.63, 3.8) is 0 Å². The van der Waals surface area contributed by atoms with Crippen LogP contribution in [-0.2, 0) is 9.53 Å². The molecule has 0 bridgehead atoms. The average molecular weight is 243 g/mol. The summed E-state index contributed by atoms with van der Waals surface area (Å²) in [6.45, 7) is 6.35. The van der Waals surface area contributed by atoms with Gasteiger partial charge >= 0.3 is 5.97 Å². The molecule has 0 heterocycles. The van der Waals surface area contributed by atoms with Gasteiger partial charge in [-0.1, -0.05) is 0 Å². The van der Waals surface area contributed by atoms with Crippen molar-refractivity contribution in [3.05, 3.63) is 0 Å². The monoisotopic (exact) mass is 243 g/mol. The Hall–Kier alpha value is -0.610. The Morgan fingerprint density at radius 1 is 1.53 bits per heavy atom. The molecule has 1 unspecified atom stereocenters. The van der Waals surface area contributed by atoms with Crippen LogP contribution in [0.2, 0.25) is 0 Å². The maximum absolute atomic E-state index is 11.2. The highest BCUT2D eigenvalue weighted by Crippen LogP contribution is 2.22. The van der Waals surface area contributed by atoms with Crippen LogP contribution in [0.4, 0.5) is 0 Å². The number of hydrogen-bond donors (Lipinski definition) is 2. The Labute approximate surface area is 104 Å². The van der Waals surface area contributed by atoms with Gasteiger partial charge in [0.05, 0.1) is 6.10 Å². The van der Waals surface area contributed by atoms with E-state index in [4.69, 9.17) is 4.74 Å². The van der Waals surface area contributed by atoms with Crippen LogP contribution in [0.25, 0.3) is 0 Å². The molecular formula is C13H25NO3. The lowest BCUT2D eigenvalue weighted by atomic mass is 9.94. The first-order valence-electron chi connectivity index (χ1n) is 6.57. The van der Waals surface area contributed by atoms with Crippen molar-refractivity contribution in [2.75, 3.05) is 6.61 Å². The van der Waals surface area contributed by atoms with E-state index in [1.807, 2.05) is 13.8 Å². The molecule has 1 fully saturated rings. The molecule has 100 valence electrons. The first-order valence-corrected chi connectivity index (χ1v) is 6.57. The van der Waals surface area contributed by atoms with Crippen molar-refractivity contribution in [1.29, 1.82) is 0 Å². The molecule has 1 saturated carbocycles. The number of carboxylic acids is 1. The van der Waals surface area contributed by atoms with Crippen LogP contribution in [-0.4, -0.2) is 35.4 Å². The maximum atomic E-state index is 11.2. The molecule has 0 amide bonds. The van der Waals surface area contributed by atoms with Gasteiger partial charge in [-0.15, -0.1) is 0 Å². The molecule has 1 aliphatic rings. The van der Waals surface area contributed by atoms with Crippen molar-refractivity contribution in [1.82, 2.24) is 5.32 Å². The van der Waals surface area contributed by atoms with Gasteiger partial charge in [-0.05, 0) is 52.9 Å². The van der Waals surface area contributed by atoms with Gasteiger partial charge < -0.3 is 9.84 Å². The van der Waals surface area contributed by atoms with Crippen LogP contribution < -0.4 is 5.32 Å². The van der Waals surface area contributed by atoms with Gasteiger partial charge in [0.2, 0.25) is 0 Å². The van der Waals surface area contributed by atoms with Gasteiger partial charge in [-0.25, -0.2) is 0 Å². The molecule has 1 rings (SSSR count). The molecule has 0 saturated heterocycles. The summed E-state index contributed by atoms with van der Waals surface area (Å²) >= 11 is 0. The van der Waals surface area contributed by atoms with E-state index in [0.29, 0.717) is 19.1 Å². The first kappa shape index (κ1) is 14.5. The summed E-state index contributed by atoms with van der Waals surface area (Å²) in [6.07, 6.45) is 5.43. The van der Waals surface area contributed by atoms with Crippen LogP contribution in [0.3, 0.4) is 0 Å². The largest absolute Gasteiger partial charge is 0.480 e. The van der Waals surface area contributed by atoms with Gasteiger partial charge in [0.1, 0.15) is 5.54 Å². The van der Waals surface area contributed by atoms with E-state index in [2.05, 4.69) is 5.32 Å². The lowest BCUT2D eigenvalue weighted by Crippen LogP contribution is -2.52. The highest BCUT2D eigenvalue weighted by molar-refractivity contribution is 5.78. The summed E-state index contributed by atoms with van der Waals surface area (Å²) < 4.78 is 5.64. The molecule has 1 aliphatic carbocycles. The number of nitrogens with one attached hydrogen (secondary N) is 1. The fraction of sp³-hybridized carbons (Fsp3) is 0.923. The summed E-state index contributed by atoms with van der Waals surface area (Å²) in [5.41, 5.74) is -0.836. The number of rotatable bonds is 8. The van der Waals surface area contributed by atoms with E-state index in [-0.39, 0.29) is 6.04 Å². The predicted octanol–water partition coefficient (Wildman–Crippen LogP) is 2.18. The average Bonchev–Trinajstić information content (AvgIpc) is 2.13. The smallest absolute Gasteiger partial charge is 0.323 e. The van der Waals surface area contributed by atoms with Crippen LogP contribution in [0.1, 0.15) is 52.9 Å². The molecule has 0 aromatic heterocycles. The lowest BCUT2D eigenvalue weighted by molar-refractivity contribution is -0.145. The Morgan fingerprint density at radius 2 is 2.18 bits per heavy atom. The molecular weight excluding hydrogens is 218 g/mol. The minimum atomic E-state index is -0.836. The van der Waals surface area contributed by atoms with Crippen molar-refractivity contribution in [2.24, 2.45) is 0 Å². The molecule has 0 radical (unpaired) electrons. The molecule has 4 heteroatoms. The molecule has 0 aromatic carbocycles. The standard InChI is InChI=1S/C13H25NO3/c1-10(2)14-13(3,12(15)16)8-5-9-17-11-6-4-7-11/h10-11,14H,4-9H2,1-3H3,(H,15,16).